The molecule has 2 rings (SSSR count). The number of carbonyl (C=O) groups is 1. The van der Waals surface area contributed by atoms with Crippen LogP contribution in [0.5, 0.6) is 5.75 Å². The molecule has 5 heteroatoms. The van der Waals surface area contributed by atoms with Crippen LogP contribution in [0.15, 0.2) is 30.3 Å². The van der Waals surface area contributed by atoms with Gasteiger partial charge in [0.2, 0.25) is 5.91 Å². The Morgan fingerprint density at radius 1 is 1.36 bits per heavy atom. The molecule has 2 N–H and O–H groups in total. The second-order valence-corrected chi connectivity index (χ2v) is 6.77. The molecule has 0 aliphatic carbocycles. The molecule has 1 atom stereocenters. The van der Waals surface area contributed by atoms with Gasteiger partial charge in [-0.1, -0.05) is 18.2 Å². The molecule has 1 saturated heterocycles. The van der Waals surface area contributed by atoms with E-state index in [2.05, 4.69) is 0 Å². The predicted molar refractivity (Wildman–Crippen MR) is 92.2 cm³/mol. The summed E-state index contributed by atoms with van der Waals surface area (Å²) < 4.78 is 5.81. The molecule has 0 spiro atoms. The molecule has 1 aliphatic rings. The van der Waals surface area contributed by atoms with Gasteiger partial charge in [-0.2, -0.15) is 11.8 Å². The summed E-state index contributed by atoms with van der Waals surface area (Å²) in [5, 5.41) is 0. The molecule has 0 saturated carbocycles. The van der Waals surface area contributed by atoms with Crippen molar-refractivity contribution in [2.45, 2.75) is 25.3 Å². The van der Waals surface area contributed by atoms with E-state index < -0.39 is 0 Å². The van der Waals surface area contributed by atoms with Crippen molar-refractivity contribution in [3.05, 3.63) is 30.3 Å². The number of para-hydroxylation sites is 1. The number of nitrogens with zero attached hydrogens (tertiary/aromatic N) is 1. The van der Waals surface area contributed by atoms with Crippen LogP contribution in [-0.4, -0.2) is 48.6 Å². The summed E-state index contributed by atoms with van der Waals surface area (Å²) in [6, 6.07) is 9.55. The minimum atomic E-state index is -0.343. The molecule has 0 bridgehead atoms. The van der Waals surface area contributed by atoms with Crippen LogP contribution in [0.2, 0.25) is 0 Å². The van der Waals surface area contributed by atoms with Crippen LogP contribution in [0.1, 0.15) is 19.3 Å². The van der Waals surface area contributed by atoms with E-state index in [1.807, 2.05) is 41.5 Å². The van der Waals surface area contributed by atoms with E-state index in [0.717, 1.165) is 50.5 Å². The Labute approximate surface area is 137 Å². The fraction of sp³-hybridized carbons (Fsp3) is 0.588. The minimum absolute atomic E-state index is 0.108. The number of rotatable bonds is 7. The van der Waals surface area contributed by atoms with Gasteiger partial charge in [-0.25, -0.2) is 0 Å². The van der Waals surface area contributed by atoms with Gasteiger partial charge in [-0.05, 0) is 49.3 Å². The van der Waals surface area contributed by atoms with Crippen molar-refractivity contribution in [3.8, 4) is 5.75 Å². The van der Waals surface area contributed by atoms with E-state index in [1.165, 1.54) is 0 Å². The third kappa shape index (κ3) is 5.21. The van der Waals surface area contributed by atoms with Crippen LogP contribution >= 0.6 is 11.8 Å². The number of hydrogen-bond acceptors (Lipinski definition) is 4. The summed E-state index contributed by atoms with van der Waals surface area (Å²) in [6.07, 6.45) is 4.79. The summed E-state index contributed by atoms with van der Waals surface area (Å²) in [5.41, 5.74) is 5.97. The van der Waals surface area contributed by atoms with Crippen molar-refractivity contribution in [1.82, 2.24) is 4.90 Å². The Morgan fingerprint density at radius 3 is 2.68 bits per heavy atom. The van der Waals surface area contributed by atoms with E-state index in [0.29, 0.717) is 5.92 Å². The van der Waals surface area contributed by atoms with Gasteiger partial charge in [0.1, 0.15) is 5.75 Å². The number of nitrogens with two attached hydrogens (primary N) is 1. The Bertz CT molecular complexity index is 447. The van der Waals surface area contributed by atoms with Crippen molar-refractivity contribution >= 4 is 17.7 Å². The zero-order valence-electron chi connectivity index (χ0n) is 13.2. The van der Waals surface area contributed by atoms with Crippen molar-refractivity contribution in [2.75, 3.05) is 31.7 Å². The maximum atomic E-state index is 12.3. The Kier molecular flexibility index (Phi) is 7.06. The van der Waals surface area contributed by atoms with Crippen LogP contribution in [0.25, 0.3) is 0 Å². The highest BCUT2D eigenvalue weighted by Crippen LogP contribution is 2.20. The summed E-state index contributed by atoms with van der Waals surface area (Å²) >= 11 is 1.73. The van der Waals surface area contributed by atoms with E-state index in [1.54, 1.807) is 11.8 Å². The maximum Gasteiger partial charge on any atom is 0.239 e. The number of likely N-dealkylation sites (tertiary alicyclic amines) is 1. The van der Waals surface area contributed by atoms with Crippen LogP contribution < -0.4 is 10.5 Å². The van der Waals surface area contributed by atoms with E-state index in [9.17, 15) is 4.79 Å². The van der Waals surface area contributed by atoms with Crippen molar-refractivity contribution in [3.63, 3.8) is 0 Å². The third-order valence-corrected chi connectivity index (χ3v) is 4.75. The lowest BCUT2D eigenvalue weighted by Crippen LogP contribution is -2.47. The fourth-order valence-corrected chi connectivity index (χ4v) is 3.14. The van der Waals surface area contributed by atoms with Crippen molar-refractivity contribution < 1.29 is 9.53 Å². The monoisotopic (exact) mass is 322 g/mol. The maximum absolute atomic E-state index is 12.3. The first-order valence-corrected chi connectivity index (χ1v) is 9.31. The summed E-state index contributed by atoms with van der Waals surface area (Å²) in [4.78, 5) is 14.2. The van der Waals surface area contributed by atoms with Gasteiger partial charge in [-0.3, -0.25) is 4.79 Å². The average molecular weight is 322 g/mol. The van der Waals surface area contributed by atoms with Gasteiger partial charge >= 0.3 is 0 Å². The number of benzene rings is 1. The van der Waals surface area contributed by atoms with E-state index in [-0.39, 0.29) is 11.9 Å². The first kappa shape index (κ1) is 17.2. The first-order chi connectivity index (χ1) is 10.7. The van der Waals surface area contributed by atoms with Gasteiger partial charge in [-0.15, -0.1) is 0 Å². The molecule has 122 valence electrons. The van der Waals surface area contributed by atoms with Crippen LogP contribution in [-0.2, 0) is 4.79 Å². The van der Waals surface area contributed by atoms with Gasteiger partial charge in [0.15, 0.2) is 0 Å². The van der Waals surface area contributed by atoms with Crippen molar-refractivity contribution in [1.29, 1.82) is 0 Å². The number of hydrogen-bond donors (Lipinski definition) is 1. The molecular weight excluding hydrogens is 296 g/mol. The average Bonchev–Trinajstić information content (AvgIpc) is 2.58. The van der Waals surface area contributed by atoms with E-state index in [4.69, 9.17) is 10.5 Å². The van der Waals surface area contributed by atoms with Gasteiger partial charge in [0, 0.05) is 13.1 Å². The number of piperidine rings is 1. The van der Waals surface area contributed by atoms with Gasteiger partial charge in [0.05, 0.1) is 12.6 Å². The zero-order valence-corrected chi connectivity index (χ0v) is 14.1. The molecule has 1 fully saturated rings. The lowest BCUT2D eigenvalue weighted by Gasteiger charge is -2.33. The second-order valence-electron chi connectivity index (χ2n) is 5.78. The largest absolute Gasteiger partial charge is 0.493 e. The summed E-state index contributed by atoms with van der Waals surface area (Å²) in [6.45, 7) is 2.33. The zero-order chi connectivity index (χ0) is 15.8. The number of ether oxygens (including phenoxy) is 1. The highest BCUT2D eigenvalue weighted by Gasteiger charge is 2.26. The Morgan fingerprint density at radius 2 is 2.05 bits per heavy atom. The molecule has 4 nitrogen and oxygen atoms in total. The third-order valence-electron chi connectivity index (χ3n) is 4.11. The fourth-order valence-electron chi connectivity index (χ4n) is 2.65. The van der Waals surface area contributed by atoms with Crippen LogP contribution in [0.4, 0.5) is 0 Å². The van der Waals surface area contributed by atoms with Crippen LogP contribution in [0.3, 0.4) is 0 Å². The number of carbonyl (C=O) groups excluding carboxylic acids is 1. The Hall–Kier alpha value is -1.20. The molecule has 1 aromatic rings. The lowest BCUT2D eigenvalue weighted by atomic mass is 9.97. The summed E-state index contributed by atoms with van der Waals surface area (Å²) in [5.74, 6) is 2.48. The first-order valence-electron chi connectivity index (χ1n) is 7.92. The molecule has 0 aromatic heterocycles. The normalized spacial score (nSPS) is 17.3. The second kappa shape index (κ2) is 9.06. The molecule has 1 aliphatic heterocycles. The van der Waals surface area contributed by atoms with Gasteiger partial charge in [0.25, 0.3) is 0 Å². The number of thioether (sulfide) groups is 1. The molecule has 22 heavy (non-hydrogen) atoms. The summed E-state index contributed by atoms with van der Waals surface area (Å²) in [7, 11) is 0. The lowest BCUT2D eigenvalue weighted by molar-refractivity contribution is -0.134. The molecule has 1 heterocycles. The van der Waals surface area contributed by atoms with Crippen LogP contribution in [0, 0.1) is 5.92 Å². The SMILES string of the molecule is CSCC[C@H](N)C(=O)N1CCC(COc2ccccc2)CC1. The van der Waals surface area contributed by atoms with Crippen molar-refractivity contribution in [2.24, 2.45) is 11.7 Å². The minimum Gasteiger partial charge on any atom is -0.493 e. The standard InChI is InChI=1S/C17H26N2O2S/c1-22-12-9-16(18)17(20)19-10-7-14(8-11-19)13-21-15-5-3-2-4-6-15/h2-6,14,16H,7-13,18H2,1H3/t16-/m0/s1. The highest BCUT2D eigenvalue weighted by molar-refractivity contribution is 7.98. The molecule has 0 unspecified atom stereocenters. The molecule has 1 amide bonds. The smallest absolute Gasteiger partial charge is 0.239 e. The topological polar surface area (TPSA) is 55.6 Å². The molecule has 1 aromatic carbocycles. The predicted octanol–water partition coefficient (Wildman–Crippen LogP) is 2.38. The highest BCUT2D eigenvalue weighted by atomic mass is 32.2. The van der Waals surface area contributed by atoms with Gasteiger partial charge < -0.3 is 15.4 Å². The molecule has 0 radical (unpaired) electrons. The van der Waals surface area contributed by atoms with E-state index >= 15 is 0 Å². The molecular formula is C17H26N2O2S. The number of amides is 1. The quantitative estimate of drug-likeness (QED) is 0.837. The Balaban J connectivity index is 1.70.